The fourth-order valence-electron chi connectivity index (χ4n) is 2.54. The van der Waals surface area contributed by atoms with Crippen LogP contribution in [0.25, 0.3) is 0 Å². The summed E-state index contributed by atoms with van der Waals surface area (Å²) in [4.78, 5) is 26.0. The van der Waals surface area contributed by atoms with Gasteiger partial charge in [0.25, 0.3) is 11.1 Å². The fourth-order valence-corrected chi connectivity index (χ4v) is 3.22. The van der Waals surface area contributed by atoms with Crippen LogP contribution in [-0.2, 0) is 16.8 Å². The van der Waals surface area contributed by atoms with Crippen molar-refractivity contribution in [2.45, 2.75) is 51.8 Å². The van der Waals surface area contributed by atoms with Gasteiger partial charge in [-0.05, 0) is 37.0 Å². The summed E-state index contributed by atoms with van der Waals surface area (Å²) >= 11 is 1.20. The lowest BCUT2D eigenvalue weighted by Crippen LogP contribution is -2.31. The van der Waals surface area contributed by atoms with Crippen molar-refractivity contribution in [3.05, 3.63) is 41.3 Å². The summed E-state index contributed by atoms with van der Waals surface area (Å²) in [6, 6.07) is 7.54. The van der Waals surface area contributed by atoms with Crippen LogP contribution in [-0.4, -0.2) is 45.8 Å². The number of hydrogen-bond donors (Lipinski definition) is 1. The molecule has 1 aromatic heterocycles. The fraction of sp³-hybridized carbons (Fsp3) is 0.500. The van der Waals surface area contributed by atoms with Crippen LogP contribution in [0.5, 0.6) is 0 Å². The number of thioether (sulfide) groups is 1. The standard InChI is InChI=1S/C20H28N4O3S/c1-6-24(7-2)17(25)13-28-19-23-22-16(27-19)12-21-18(26)14-8-10-15(11-9-14)20(3,4)5/h8-11H,6-7,12-13H2,1-5H3,(H,21,26). The molecule has 1 heterocycles. The van der Waals surface area contributed by atoms with Gasteiger partial charge in [-0.3, -0.25) is 9.59 Å². The molecule has 0 atom stereocenters. The van der Waals surface area contributed by atoms with Crippen LogP contribution in [0.3, 0.4) is 0 Å². The Hall–Kier alpha value is -2.35. The number of aromatic nitrogens is 2. The molecule has 0 aliphatic heterocycles. The first-order valence-electron chi connectivity index (χ1n) is 9.36. The SMILES string of the molecule is CCN(CC)C(=O)CSc1nnc(CNC(=O)c2ccc(C(C)(C)C)cc2)o1. The number of carbonyl (C=O) groups is 2. The molecule has 0 saturated heterocycles. The molecule has 0 aliphatic rings. The first-order valence-corrected chi connectivity index (χ1v) is 10.3. The molecule has 2 rings (SSSR count). The van der Waals surface area contributed by atoms with Crippen molar-refractivity contribution in [3.63, 3.8) is 0 Å². The van der Waals surface area contributed by atoms with Gasteiger partial charge in [-0.2, -0.15) is 0 Å². The zero-order valence-electron chi connectivity index (χ0n) is 17.1. The van der Waals surface area contributed by atoms with Crippen molar-refractivity contribution in [2.75, 3.05) is 18.8 Å². The largest absolute Gasteiger partial charge is 0.414 e. The minimum atomic E-state index is -0.204. The molecule has 8 heteroatoms. The molecule has 1 aromatic carbocycles. The van der Waals surface area contributed by atoms with Crippen LogP contribution in [0, 0.1) is 0 Å². The Kier molecular flexibility index (Phi) is 7.62. The van der Waals surface area contributed by atoms with E-state index < -0.39 is 0 Å². The zero-order valence-corrected chi connectivity index (χ0v) is 17.9. The third kappa shape index (κ3) is 6.09. The van der Waals surface area contributed by atoms with Crippen molar-refractivity contribution in [1.29, 1.82) is 0 Å². The topological polar surface area (TPSA) is 88.3 Å². The summed E-state index contributed by atoms with van der Waals surface area (Å²) in [6.45, 7) is 11.7. The molecule has 2 amide bonds. The van der Waals surface area contributed by atoms with E-state index in [0.29, 0.717) is 29.8 Å². The smallest absolute Gasteiger partial charge is 0.277 e. The first-order chi connectivity index (χ1) is 13.2. The third-order valence-electron chi connectivity index (χ3n) is 4.30. The molecule has 28 heavy (non-hydrogen) atoms. The van der Waals surface area contributed by atoms with E-state index >= 15 is 0 Å². The van der Waals surface area contributed by atoms with Gasteiger partial charge in [0.2, 0.25) is 11.8 Å². The summed E-state index contributed by atoms with van der Waals surface area (Å²) in [5, 5.41) is 10.9. The highest BCUT2D eigenvalue weighted by Gasteiger charge is 2.16. The van der Waals surface area contributed by atoms with Crippen LogP contribution in [0.2, 0.25) is 0 Å². The second-order valence-corrected chi connectivity index (χ2v) is 8.25. The summed E-state index contributed by atoms with van der Waals surface area (Å²) in [7, 11) is 0. The number of amides is 2. The van der Waals surface area contributed by atoms with Crippen molar-refractivity contribution in [1.82, 2.24) is 20.4 Å². The van der Waals surface area contributed by atoms with Crippen LogP contribution in [0.15, 0.2) is 33.9 Å². The normalized spacial score (nSPS) is 11.3. The summed E-state index contributed by atoms with van der Waals surface area (Å²) in [5.74, 6) is 0.374. The predicted octanol–water partition coefficient (Wildman–Crippen LogP) is 3.26. The molecule has 0 aliphatic carbocycles. The lowest BCUT2D eigenvalue weighted by atomic mass is 9.87. The first kappa shape index (κ1) is 21.9. The highest BCUT2D eigenvalue weighted by molar-refractivity contribution is 7.99. The Morgan fingerprint density at radius 1 is 1.11 bits per heavy atom. The molecular formula is C20H28N4O3S. The molecule has 0 spiro atoms. The molecule has 0 bridgehead atoms. The Balaban J connectivity index is 1.85. The van der Waals surface area contributed by atoms with E-state index in [-0.39, 0.29) is 29.5 Å². The molecule has 0 saturated carbocycles. The molecule has 0 unspecified atom stereocenters. The zero-order chi connectivity index (χ0) is 20.7. The van der Waals surface area contributed by atoms with Crippen LogP contribution in [0.4, 0.5) is 0 Å². The van der Waals surface area contributed by atoms with Gasteiger partial charge < -0.3 is 14.6 Å². The van der Waals surface area contributed by atoms with E-state index in [9.17, 15) is 9.59 Å². The summed E-state index contributed by atoms with van der Waals surface area (Å²) in [6.07, 6.45) is 0. The molecule has 152 valence electrons. The van der Waals surface area contributed by atoms with Crippen molar-refractivity contribution < 1.29 is 14.0 Å². The van der Waals surface area contributed by atoms with Gasteiger partial charge in [0.15, 0.2) is 0 Å². The van der Waals surface area contributed by atoms with E-state index in [4.69, 9.17) is 4.42 Å². The van der Waals surface area contributed by atoms with E-state index in [1.54, 1.807) is 4.90 Å². The number of nitrogens with one attached hydrogen (secondary N) is 1. The van der Waals surface area contributed by atoms with E-state index in [1.165, 1.54) is 17.3 Å². The Morgan fingerprint density at radius 2 is 1.75 bits per heavy atom. The quantitative estimate of drug-likeness (QED) is 0.680. The number of rotatable bonds is 8. The number of hydrogen-bond acceptors (Lipinski definition) is 6. The summed E-state index contributed by atoms with van der Waals surface area (Å²) < 4.78 is 5.49. The van der Waals surface area contributed by atoms with Gasteiger partial charge in [0.05, 0.1) is 12.3 Å². The van der Waals surface area contributed by atoms with Crippen LogP contribution in [0.1, 0.15) is 56.4 Å². The lowest BCUT2D eigenvalue weighted by Gasteiger charge is -2.18. The number of benzene rings is 1. The van der Waals surface area contributed by atoms with Gasteiger partial charge in [0, 0.05) is 18.7 Å². The van der Waals surface area contributed by atoms with Gasteiger partial charge in [-0.25, -0.2) is 0 Å². The molecule has 0 radical (unpaired) electrons. The van der Waals surface area contributed by atoms with Gasteiger partial charge >= 0.3 is 0 Å². The highest BCUT2D eigenvalue weighted by Crippen LogP contribution is 2.22. The Bertz CT molecular complexity index is 793. The Labute approximate surface area is 170 Å². The summed E-state index contributed by atoms with van der Waals surface area (Å²) in [5.41, 5.74) is 1.79. The average molecular weight is 405 g/mol. The number of nitrogens with zero attached hydrogens (tertiary/aromatic N) is 3. The second-order valence-electron chi connectivity index (χ2n) is 7.33. The maximum atomic E-state index is 12.3. The molecule has 2 aromatic rings. The van der Waals surface area contributed by atoms with Crippen LogP contribution >= 0.6 is 11.8 Å². The van der Waals surface area contributed by atoms with Gasteiger partial charge in [-0.1, -0.05) is 44.7 Å². The lowest BCUT2D eigenvalue weighted by molar-refractivity contribution is -0.127. The maximum absolute atomic E-state index is 12.3. The van der Waals surface area contributed by atoms with E-state index in [2.05, 4.69) is 36.3 Å². The van der Waals surface area contributed by atoms with Crippen molar-refractivity contribution >= 4 is 23.6 Å². The van der Waals surface area contributed by atoms with Gasteiger partial charge in [0.1, 0.15) is 0 Å². The Morgan fingerprint density at radius 3 is 2.32 bits per heavy atom. The van der Waals surface area contributed by atoms with Crippen molar-refractivity contribution in [2.24, 2.45) is 0 Å². The number of carbonyl (C=O) groups excluding carboxylic acids is 2. The minimum Gasteiger partial charge on any atom is -0.414 e. The second kappa shape index (κ2) is 9.73. The van der Waals surface area contributed by atoms with Crippen LogP contribution < -0.4 is 5.32 Å². The van der Waals surface area contributed by atoms with Gasteiger partial charge in [-0.15, -0.1) is 10.2 Å². The molecule has 0 fully saturated rings. The highest BCUT2D eigenvalue weighted by atomic mass is 32.2. The minimum absolute atomic E-state index is 0.0294. The third-order valence-corrected chi connectivity index (χ3v) is 5.10. The van der Waals surface area contributed by atoms with E-state index in [0.717, 1.165) is 0 Å². The predicted molar refractivity (Wildman–Crippen MR) is 109 cm³/mol. The average Bonchev–Trinajstić information content (AvgIpc) is 3.12. The van der Waals surface area contributed by atoms with E-state index in [1.807, 2.05) is 38.1 Å². The van der Waals surface area contributed by atoms with Crippen molar-refractivity contribution in [3.8, 4) is 0 Å². The molecule has 7 nitrogen and oxygen atoms in total. The maximum Gasteiger partial charge on any atom is 0.277 e. The monoisotopic (exact) mass is 404 g/mol. The molecular weight excluding hydrogens is 376 g/mol. The molecule has 1 N–H and O–H groups in total.